The summed E-state index contributed by atoms with van der Waals surface area (Å²) in [6.45, 7) is 16.0. The number of methoxy groups -OCH3 is 1. The fourth-order valence-electron chi connectivity index (χ4n) is 6.59. The quantitative estimate of drug-likeness (QED) is 0.307. The van der Waals surface area contributed by atoms with E-state index in [0.29, 0.717) is 18.1 Å². The SMILES string of the molecule is CO[C@@H]1CCN(c2nc(-c3c(C)ccc4n[nH]c(C)c34)nc3c2CN(c2cc(C(C)C)ccc2C)CC3)C(C)C1. The highest BCUT2D eigenvalue weighted by Gasteiger charge is 2.32. The lowest BCUT2D eigenvalue weighted by atomic mass is 9.96. The Morgan fingerprint density at radius 2 is 1.82 bits per heavy atom. The van der Waals surface area contributed by atoms with E-state index in [0.717, 1.165) is 72.7 Å². The van der Waals surface area contributed by atoms with Gasteiger partial charge in [-0.1, -0.05) is 32.0 Å². The van der Waals surface area contributed by atoms with Crippen LogP contribution in [0.1, 0.15) is 73.2 Å². The monoisotopic (exact) mass is 538 g/mol. The maximum atomic E-state index is 5.76. The van der Waals surface area contributed by atoms with E-state index >= 15 is 0 Å². The normalized spacial score (nSPS) is 19.5. The van der Waals surface area contributed by atoms with Crippen LogP contribution in [-0.4, -0.2) is 52.5 Å². The molecular weight excluding hydrogens is 496 g/mol. The van der Waals surface area contributed by atoms with Crippen molar-refractivity contribution in [1.82, 2.24) is 20.2 Å². The molecule has 2 atom stereocenters. The van der Waals surface area contributed by atoms with Gasteiger partial charge in [-0.25, -0.2) is 9.97 Å². The van der Waals surface area contributed by atoms with Crippen LogP contribution in [0.5, 0.6) is 0 Å². The van der Waals surface area contributed by atoms with E-state index in [2.05, 4.69) is 91.9 Å². The smallest absolute Gasteiger partial charge is 0.162 e. The molecule has 2 aliphatic heterocycles. The average molecular weight is 539 g/mol. The predicted molar refractivity (Wildman–Crippen MR) is 163 cm³/mol. The van der Waals surface area contributed by atoms with Crippen LogP contribution >= 0.6 is 0 Å². The highest BCUT2D eigenvalue weighted by Crippen LogP contribution is 2.38. The van der Waals surface area contributed by atoms with E-state index < -0.39 is 0 Å². The molecule has 4 aromatic rings. The van der Waals surface area contributed by atoms with Crippen molar-refractivity contribution in [2.45, 2.75) is 85.4 Å². The minimum absolute atomic E-state index is 0.297. The number of anilines is 2. The number of fused-ring (bicyclic) bond motifs is 2. The van der Waals surface area contributed by atoms with E-state index in [-0.39, 0.29) is 0 Å². The molecule has 0 spiro atoms. The molecule has 1 unspecified atom stereocenters. The van der Waals surface area contributed by atoms with Crippen LogP contribution in [0.25, 0.3) is 22.3 Å². The number of ether oxygens (including phenoxy) is 1. The van der Waals surface area contributed by atoms with E-state index in [1.165, 1.54) is 33.6 Å². The van der Waals surface area contributed by atoms with Crippen LogP contribution in [0, 0.1) is 20.8 Å². The fourth-order valence-corrected chi connectivity index (χ4v) is 6.59. The van der Waals surface area contributed by atoms with Gasteiger partial charge in [0, 0.05) is 67.1 Å². The molecule has 40 heavy (non-hydrogen) atoms. The maximum Gasteiger partial charge on any atom is 0.162 e. The van der Waals surface area contributed by atoms with Crippen molar-refractivity contribution in [2.75, 3.05) is 30.0 Å². The molecule has 1 saturated heterocycles. The van der Waals surface area contributed by atoms with E-state index in [9.17, 15) is 0 Å². The molecule has 2 aromatic carbocycles. The second-order valence-electron chi connectivity index (χ2n) is 12.1. The number of rotatable bonds is 5. The van der Waals surface area contributed by atoms with Crippen molar-refractivity contribution in [1.29, 1.82) is 0 Å². The van der Waals surface area contributed by atoms with Crippen LogP contribution in [0.15, 0.2) is 30.3 Å². The first-order chi connectivity index (χ1) is 19.2. The summed E-state index contributed by atoms with van der Waals surface area (Å²) in [6, 6.07) is 11.5. The molecule has 0 radical (unpaired) electrons. The molecular formula is C33H42N6O. The van der Waals surface area contributed by atoms with Gasteiger partial charge in [0.25, 0.3) is 0 Å². The van der Waals surface area contributed by atoms with Gasteiger partial charge in [-0.3, -0.25) is 5.10 Å². The zero-order chi connectivity index (χ0) is 28.1. The Bertz CT molecular complexity index is 1560. The minimum atomic E-state index is 0.297. The summed E-state index contributed by atoms with van der Waals surface area (Å²) >= 11 is 0. The summed E-state index contributed by atoms with van der Waals surface area (Å²) in [4.78, 5) is 15.8. The first-order valence-corrected chi connectivity index (χ1v) is 14.7. The van der Waals surface area contributed by atoms with Crippen molar-refractivity contribution in [3.8, 4) is 11.4 Å². The molecule has 2 aliphatic rings. The van der Waals surface area contributed by atoms with Crippen molar-refractivity contribution < 1.29 is 4.74 Å². The third kappa shape index (κ3) is 4.64. The Kier molecular flexibility index (Phi) is 7.03. The van der Waals surface area contributed by atoms with Gasteiger partial charge in [-0.2, -0.15) is 5.10 Å². The molecule has 0 bridgehead atoms. The number of nitrogens with one attached hydrogen (secondary N) is 1. The number of benzene rings is 2. The Balaban J connectivity index is 1.49. The van der Waals surface area contributed by atoms with Gasteiger partial charge in [0.1, 0.15) is 5.82 Å². The number of hydrogen-bond acceptors (Lipinski definition) is 6. The van der Waals surface area contributed by atoms with E-state index in [1.54, 1.807) is 0 Å². The molecule has 1 fully saturated rings. The first-order valence-electron chi connectivity index (χ1n) is 14.7. The predicted octanol–water partition coefficient (Wildman–Crippen LogP) is 6.63. The molecule has 0 saturated carbocycles. The lowest BCUT2D eigenvalue weighted by Gasteiger charge is -2.41. The summed E-state index contributed by atoms with van der Waals surface area (Å²) in [5, 5.41) is 8.83. The van der Waals surface area contributed by atoms with Crippen LogP contribution in [0.4, 0.5) is 11.5 Å². The van der Waals surface area contributed by atoms with Crippen molar-refractivity contribution >= 4 is 22.4 Å². The lowest BCUT2D eigenvalue weighted by molar-refractivity contribution is 0.0719. The van der Waals surface area contributed by atoms with E-state index in [1.807, 2.05) is 7.11 Å². The molecule has 2 aromatic heterocycles. The fraction of sp³-hybridized carbons (Fsp3) is 0.485. The van der Waals surface area contributed by atoms with Gasteiger partial charge in [0.15, 0.2) is 5.82 Å². The van der Waals surface area contributed by atoms with Gasteiger partial charge in [-0.15, -0.1) is 0 Å². The van der Waals surface area contributed by atoms with Crippen LogP contribution in [0.3, 0.4) is 0 Å². The lowest BCUT2D eigenvalue weighted by Crippen LogP contribution is -2.45. The summed E-state index contributed by atoms with van der Waals surface area (Å²) in [7, 11) is 1.83. The number of piperidine rings is 1. The number of aromatic nitrogens is 4. The number of aryl methyl sites for hydroxylation is 3. The number of nitrogens with zero attached hydrogens (tertiary/aromatic N) is 5. The van der Waals surface area contributed by atoms with Crippen molar-refractivity contribution in [3.05, 3.63) is 64.0 Å². The first kappa shape index (κ1) is 26.8. The summed E-state index contributed by atoms with van der Waals surface area (Å²) in [6.07, 6.45) is 3.19. The summed E-state index contributed by atoms with van der Waals surface area (Å²) in [5.41, 5.74) is 10.7. The Morgan fingerprint density at radius 1 is 1.02 bits per heavy atom. The standard InChI is InChI=1S/C33H42N6O/c1-19(2)24-10-8-20(3)29(17-24)38-14-13-27-26(18-38)33(39-15-12-25(40-7)16-22(39)5)35-32(34-27)30-21(4)9-11-28-31(30)23(6)36-37-28/h8-11,17,19,22,25H,12-16,18H2,1-7H3,(H,36,37)/t22?,25-/m1/s1. The maximum absolute atomic E-state index is 5.76. The highest BCUT2D eigenvalue weighted by molar-refractivity contribution is 5.96. The molecule has 0 aliphatic carbocycles. The highest BCUT2D eigenvalue weighted by atomic mass is 16.5. The average Bonchev–Trinajstić information content (AvgIpc) is 3.32. The second-order valence-corrected chi connectivity index (χ2v) is 12.1. The van der Waals surface area contributed by atoms with Crippen LogP contribution in [0.2, 0.25) is 0 Å². The van der Waals surface area contributed by atoms with Gasteiger partial charge in [0.05, 0.1) is 17.3 Å². The van der Waals surface area contributed by atoms with Crippen LogP contribution in [-0.2, 0) is 17.7 Å². The minimum Gasteiger partial charge on any atom is -0.381 e. The summed E-state index contributed by atoms with van der Waals surface area (Å²) in [5.74, 6) is 2.40. The van der Waals surface area contributed by atoms with Gasteiger partial charge < -0.3 is 14.5 Å². The summed E-state index contributed by atoms with van der Waals surface area (Å²) < 4.78 is 5.76. The van der Waals surface area contributed by atoms with Crippen molar-refractivity contribution in [3.63, 3.8) is 0 Å². The molecule has 4 heterocycles. The molecule has 7 heteroatoms. The van der Waals surface area contributed by atoms with Crippen LogP contribution < -0.4 is 9.80 Å². The molecule has 7 nitrogen and oxygen atoms in total. The Hall–Kier alpha value is -3.45. The van der Waals surface area contributed by atoms with E-state index in [4.69, 9.17) is 14.7 Å². The Labute approximate surface area is 238 Å². The zero-order valence-electron chi connectivity index (χ0n) is 25.0. The number of aromatic amines is 1. The molecule has 6 rings (SSSR count). The third-order valence-corrected chi connectivity index (χ3v) is 9.05. The third-order valence-electron chi connectivity index (χ3n) is 9.05. The topological polar surface area (TPSA) is 70.2 Å². The van der Waals surface area contributed by atoms with Gasteiger partial charge in [-0.05, 0) is 75.3 Å². The Morgan fingerprint density at radius 3 is 2.58 bits per heavy atom. The molecule has 1 N–H and O–H groups in total. The molecule has 0 amide bonds. The number of hydrogen-bond donors (Lipinski definition) is 1. The second kappa shape index (κ2) is 10.5. The van der Waals surface area contributed by atoms with Gasteiger partial charge >= 0.3 is 0 Å². The zero-order valence-corrected chi connectivity index (χ0v) is 25.0. The van der Waals surface area contributed by atoms with Gasteiger partial charge in [0.2, 0.25) is 0 Å². The number of H-pyrrole nitrogens is 1. The largest absolute Gasteiger partial charge is 0.381 e. The molecule has 210 valence electrons. The van der Waals surface area contributed by atoms with Crippen molar-refractivity contribution in [2.24, 2.45) is 0 Å².